The van der Waals surface area contributed by atoms with Crippen LogP contribution in [0.2, 0.25) is 0 Å². The molecular weight excluding hydrogens is 272 g/mol. The van der Waals surface area contributed by atoms with Gasteiger partial charge in [0.05, 0.1) is 11.3 Å². The zero-order chi connectivity index (χ0) is 15.2. The molecule has 1 aromatic heterocycles. The Labute approximate surface area is 128 Å². The van der Waals surface area contributed by atoms with Gasteiger partial charge in [0, 0.05) is 11.6 Å². The molecule has 1 heterocycles. The molecule has 22 heavy (non-hydrogen) atoms. The van der Waals surface area contributed by atoms with Gasteiger partial charge in [-0.15, -0.1) is 0 Å². The lowest BCUT2D eigenvalue weighted by atomic mass is 9.85. The smallest absolute Gasteiger partial charge is 0.250 e. The van der Waals surface area contributed by atoms with Gasteiger partial charge in [0.25, 0.3) is 5.91 Å². The predicted octanol–water partition coefficient (Wildman–Crippen LogP) is 3.41. The van der Waals surface area contributed by atoms with Crippen LogP contribution >= 0.6 is 0 Å². The third-order valence-corrected chi connectivity index (χ3v) is 4.58. The van der Waals surface area contributed by atoms with Gasteiger partial charge in [-0.2, -0.15) is 0 Å². The largest absolute Gasteiger partial charge is 0.366 e. The van der Waals surface area contributed by atoms with Crippen LogP contribution < -0.4 is 5.73 Å². The highest BCUT2D eigenvalue weighted by Gasteiger charge is 2.49. The van der Waals surface area contributed by atoms with Crippen molar-refractivity contribution in [3.05, 3.63) is 77.6 Å². The Morgan fingerprint density at radius 1 is 1.00 bits per heavy atom. The number of hydrogen-bond donors (Lipinski definition) is 1. The van der Waals surface area contributed by atoms with Crippen molar-refractivity contribution in [1.29, 1.82) is 0 Å². The number of fused-ring (bicyclic) bond motifs is 1. The van der Waals surface area contributed by atoms with Crippen molar-refractivity contribution in [2.75, 3.05) is 0 Å². The van der Waals surface area contributed by atoms with E-state index >= 15 is 0 Å². The molecule has 1 saturated carbocycles. The molecule has 0 unspecified atom stereocenters. The fraction of sp³-hybridized carbons (Fsp3) is 0.158. The molecule has 1 amide bonds. The molecule has 0 atom stereocenters. The Bertz CT molecular complexity index is 876. The van der Waals surface area contributed by atoms with Crippen LogP contribution in [-0.4, -0.2) is 10.9 Å². The van der Waals surface area contributed by atoms with Crippen molar-refractivity contribution in [3.8, 4) is 0 Å². The number of hydrogen-bond acceptors (Lipinski definition) is 2. The summed E-state index contributed by atoms with van der Waals surface area (Å²) < 4.78 is 0. The molecule has 3 nitrogen and oxygen atoms in total. The van der Waals surface area contributed by atoms with Gasteiger partial charge in [0.2, 0.25) is 0 Å². The molecule has 2 aromatic carbocycles. The molecule has 3 aromatic rings. The van der Waals surface area contributed by atoms with Crippen LogP contribution in [0.15, 0.2) is 60.8 Å². The lowest BCUT2D eigenvalue weighted by molar-refractivity contribution is 0.0998. The lowest BCUT2D eigenvalue weighted by Crippen LogP contribution is -2.21. The van der Waals surface area contributed by atoms with E-state index in [0.29, 0.717) is 5.56 Å². The highest BCUT2D eigenvalue weighted by Crippen LogP contribution is 2.55. The molecule has 0 aliphatic heterocycles. The second-order valence-electron chi connectivity index (χ2n) is 5.87. The molecule has 4 rings (SSSR count). The summed E-state index contributed by atoms with van der Waals surface area (Å²) in [5.74, 6) is -0.408. The van der Waals surface area contributed by atoms with Crippen molar-refractivity contribution in [2.24, 2.45) is 5.73 Å². The van der Waals surface area contributed by atoms with E-state index in [9.17, 15) is 4.79 Å². The number of primary amides is 1. The standard InChI is InChI=1S/C19H16N2O/c20-18(22)15-8-4-12-21-17(15)19(10-11-19)16-9-3-6-13-5-1-2-7-14(13)16/h1-9,12H,10-11H2,(H2,20,22). The number of pyridine rings is 1. The van der Waals surface area contributed by atoms with Gasteiger partial charge in [-0.25, -0.2) is 0 Å². The molecule has 0 bridgehead atoms. The van der Waals surface area contributed by atoms with Crippen molar-refractivity contribution < 1.29 is 4.79 Å². The normalized spacial score (nSPS) is 15.6. The summed E-state index contributed by atoms with van der Waals surface area (Å²) in [6, 6.07) is 18.2. The maximum absolute atomic E-state index is 11.8. The van der Waals surface area contributed by atoms with E-state index in [-0.39, 0.29) is 5.41 Å². The van der Waals surface area contributed by atoms with Gasteiger partial charge < -0.3 is 5.73 Å². The first-order valence-corrected chi connectivity index (χ1v) is 7.46. The third kappa shape index (κ3) is 1.82. The average Bonchev–Trinajstić information content (AvgIpc) is 3.36. The van der Waals surface area contributed by atoms with E-state index in [1.54, 1.807) is 18.3 Å². The number of aromatic nitrogens is 1. The zero-order valence-electron chi connectivity index (χ0n) is 12.1. The van der Waals surface area contributed by atoms with Crippen molar-refractivity contribution in [1.82, 2.24) is 4.98 Å². The van der Waals surface area contributed by atoms with E-state index in [1.807, 2.05) is 6.07 Å². The van der Waals surface area contributed by atoms with Gasteiger partial charge in [0.1, 0.15) is 0 Å². The zero-order valence-corrected chi connectivity index (χ0v) is 12.1. The van der Waals surface area contributed by atoms with Crippen LogP contribution in [0.5, 0.6) is 0 Å². The van der Waals surface area contributed by atoms with Crippen LogP contribution in [0, 0.1) is 0 Å². The number of nitrogens with two attached hydrogens (primary N) is 1. The summed E-state index contributed by atoms with van der Waals surface area (Å²) in [6.07, 6.45) is 3.74. The van der Waals surface area contributed by atoms with E-state index in [4.69, 9.17) is 5.73 Å². The molecule has 108 valence electrons. The number of carbonyl (C=O) groups is 1. The first kappa shape index (κ1) is 13.0. The number of nitrogens with zero attached hydrogens (tertiary/aromatic N) is 1. The first-order chi connectivity index (χ1) is 10.7. The molecule has 0 radical (unpaired) electrons. The maximum Gasteiger partial charge on any atom is 0.250 e. The van der Waals surface area contributed by atoms with E-state index < -0.39 is 5.91 Å². The summed E-state index contributed by atoms with van der Waals surface area (Å²) in [4.78, 5) is 16.3. The SMILES string of the molecule is NC(=O)c1cccnc1C1(c2cccc3ccccc23)CC1. The second-order valence-corrected chi connectivity index (χ2v) is 5.87. The number of amides is 1. The molecule has 1 aliphatic rings. The van der Waals surface area contributed by atoms with Crippen LogP contribution in [0.3, 0.4) is 0 Å². The Balaban J connectivity index is 1.97. The predicted molar refractivity (Wildman–Crippen MR) is 86.7 cm³/mol. The van der Waals surface area contributed by atoms with Crippen LogP contribution in [0.25, 0.3) is 10.8 Å². The summed E-state index contributed by atoms with van der Waals surface area (Å²) in [6.45, 7) is 0. The highest BCUT2D eigenvalue weighted by molar-refractivity contribution is 5.95. The van der Waals surface area contributed by atoms with Gasteiger partial charge in [0.15, 0.2) is 0 Å². The average molecular weight is 288 g/mol. The summed E-state index contributed by atoms with van der Waals surface area (Å²) in [7, 11) is 0. The van der Waals surface area contributed by atoms with Gasteiger partial charge in [-0.05, 0) is 41.3 Å². The molecule has 3 heteroatoms. The van der Waals surface area contributed by atoms with Crippen molar-refractivity contribution in [3.63, 3.8) is 0 Å². The van der Waals surface area contributed by atoms with Crippen LogP contribution in [-0.2, 0) is 5.41 Å². The Morgan fingerprint density at radius 2 is 1.77 bits per heavy atom. The van der Waals surface area contributed by atoms with Crippen LogP contribution in [0.1, 0.15) is 34.5 Å². The van der Waals surface area contributed by atoms with Crippen molar-refractivity contribution in [2.45, 2.75) is 18.3 Å². The van der Waals surface area contributed by atoms with Gasteiger partial charge >= 0.3 is 0 Å². The molecule has 1 fully saturated rings. The molecule has 1 aliphatic carbocycles. The van der Waals surface area contributed by atoms with Crippen LogP contribution in [0.4, 0.5) is 0 Å². The van der Waals surface area contributed by atoms with Gasteiger partial charge in [-0.3, -0.25) is 9.78 Å². The Morgan fingerprint density at radius 3 is 2.55 bits per heavy atom. The summed E-state index contributed by atoms with van der Waals surface area (Å²) in [5.41, 5.74) is 7.97. The topological polar surface area (TPSA) is 56.0 Å². The maximum atomic E-state index is 11.8. The fourth-order valence-corrected chi connectivity index (χ4v) is 3.39. The number of carbonyl (C=O) groups excluding carboxylic acids is 1. The second kappa shape index (κ2) is 4.67. The van der Waals surface area contributed by atoms with E-state index in [1.165, 1.54) is 16.3 Å². The Hall–Kier alpha value is -2.68. The fourth-order valence-electron chi connectivity index (χ4n) is 3.39. The third-order valence-electron chi connectivity index (χ3n) is 4.58. The minimum Gasteiger partial charge on any atom is -0.366 e. The van der Waals surface area contributed by atoms with Gasteiger partial charge in [-0.1, -0.05) is 42.5 Å². The number of rotatable bonds is 3. The van der Waals surface area contributed by atoms with E-state index in [2.05, 4.69) is 41.4 Å². The molecular formula is C19H16N2O. The van der Waals surface area contributed by atoms with Crippen molar-refractivity contribution >= 4 is 16.7 Å². The highest BCUT2D eigenvalue weighted by atomic mass is 16.1. The molecule has 2 N–H and O–H groups in total. The quantitative estimate of drug-likeness (QED) is 0.803. The minimum atomic E-state index is -0.408. The first-order valence-electron chi connectivity index (χ1n) is 7.46. The Kier molecular flexibility index (Phi) is 2.76. The molecule has 0 spiro atoms. The minimum absolute atomic E-state index is 0.174. The summed E-state index contributed by atoms with van der Waals surface area (Å²) in [5, 5.41) is 2.44. The monoisotopic (exact) mass is 288 g/mol. The number of benzene rings is 2. The lowest BCUT2D eigenvalue weighted by Gasteiger charge is -2.19. The summed E-state index contributed by atoms with van der Waals surface area (Å²) >= 11 is 0. The van der Waals surface area contributed by atoms with E-state index in [0.717, 1.165) is 18.5 Å². The molecule has 0 saturated heterocycles.